The van der Waals surface area contributed by atoms with Gasteiger partial charge in [-0.3, -0.25) is 9.36 Å². The summed E-state index contributed by atoms with van der Waals surface area (Å²) in [5.41, 5.74) is 2.27. The van der Waals surface area contributed by atoms with Crippen molar-refractivity contribution in [1.29, 1.82) is 0 Å². The van der Waals surface area contributed by atoms with Gasteiger partial charge in [-0.1, -0.05) is 6.07 Å². The molecule has 2 aliphatic heterocycles. The van der Waals surface area contributed by atoms with Gasteiger partial charge in [0, 0.05) is 31.3 Å². The summed E-state index contributed by atoms with van der Waals surface area (Å²) in [7, 11) is -3.74. The monoisotopic (exact) mass is 589 g/mol. The van der Waals surface area contributed by atoms with Crippen LogP contribution >= 0.6 is 0 Å². The first-order chi connectivity index (χ1) is 19.5. The molecular formula is C28H33F2N5O5S. The molecule has 220 valence electrons. The quantitative estimate of drug-likeness (QED) is 0.374. The highest BCUT2D eigenvalue weighted by atomic mass is 32.2. The molecule has 0 radical (unpaired) electrons. The predicted octanol–water partition coefficient (Wildman–Crippen LogP) is 5.42. The van der Waals surface area contributed by atoms with Gasteiger partial charge in [0.25, 0.3) is 5.92 Å². The number of hydrogen-bond acceptors (Lipinski definition) is 8. The Kier molecular flexibility index (Phi) is 7.23. The van der Waals surface area contributed by atoms with Crippen LogP contribution in [0.5, 0.6) is 0 Å². The van der Waals surface area contributed by atoms with Crippen molar-refractivity contribution in [3.8, 4) is 0 Å². The number of alkyl halides is 2. The van der Waals surface area contributed by atoms with Crippen molar-refractivity contribution in [2.45, 2.75) is 75.0 Å². The maximum Gasteiger partial charge on any atom is 0.271 e. The minimum atomic E-state index is -3.74. The maximum absolute atomic E-state index is 13.6. The average molecular weight is 590 g/mol. The Balaban J connectivity index is 1.40. The highest BCUT2D eigenvalue weighted by Crippen LogP contribution is 2.39. The predicted molar refractivity (Wildman–Crippen MR) is 148 cm³/mol. The molecule has 4 heterocycles. The van der Waals surface area contributed by atoms with Crippen LogP contribution in [0.2, 0.25) is 0 Å². The number of anilines is 3. The van der Waals surface area contributed by atoms with E-state index in [1.807, 2.05) is 11.5 Å². The van der Waals surface area contributed by atoms with E-state index in [9.17, 15) is 22.0 Å². The number of nitrogens with zero attached hydrogens (tertiary/aromatic N) is 3. The first kappa shape index (κ1) is 28.0. The molecule has 1 aliphatic carbocycles. The van der Waals surface area contributed by atoms with Crippen LogP contribution in [-0.4, -0.2) is 54.3 Å². The fourth-order valence-electron chi connectivity index (χ4n) is 5.45. The fourth-order valence-corrected chi connectivity index (χ4v) is 6.32. The van der Waals surface area contributed by atoms with Crippen LogP contribution in [0.25, 0.3) is 11.2 Å². The Morgan fingerprint density at radius 3 is 2.54 bits per heavy atom. The van der Waals surface area contributed by atoms with E-state index in [1.54, 1.807) is 18.2 Å². The number of amides is 1. The molecule has 2 N–H and O–H groups in total. The fraction of sp³-hybridized carbons (Fsp3) is 0.536. The molecule has 13 heteroatoms. The van der Waals surface area contributed by atoms with E-state index in [-0.39, 0.29) is 41.5 Å². The molecule has 0 bridgehead atoms. The van der Waals surface area contributed by atoms with Crippen LogP contribution in [0.3, 0.4) is 0 Å². The highest BCUT2D eigenvalue weighted by molar-refractivity contribution is 7.90. The Hall–Kier alpha value is -3.16. The van der Waals surface area contributed by atoms with Gasteiger partial charge in [0.15, 0.2) is 15.5 Å². The van der Waals surface area contributed by atoms with Crippen molar-refractivity contribution in [3.63, 3.8) is 0 Å². The summed E-state index contributed by atoms with van der Waals surface area (Å²) in [5, 5.41) is 6.12. The number of rotatable bonds is 7. The molecule has 3 aliphatic rings. The van der Waals surface area contributed by atoms with Crippen molar-refractivity contribution < 1.29 is 31.5 Å². The number of aromatic nitrogens is 3. The third kappa shape index (κ3) is 5.93. The van der Waals surface area contributed by atoms with Crippen LogP contribution in [0, 0.1) is 12.8 Å². The van der Waals surface area contributed by atoms with Gasteiger partial charge in [-0.15, -0.1) is 0 Å². The van der Waals surface area contributed by atoms with Gasteiger partial charge in [0.2, 0.25) is 5.91 Å². The molecule has 3 fully saturated rings. The van der Waals surface area contributed by atoms with Crippen molar-refractivity contribution in [2.75, 3.05) is 30.1 Å². The first-order valence-electron chi connectivity index (χ1n) is 13.9. The summed E-state index contributed by atoms with van der Waals surface area (Å²) in [6.45, 7) is 1.78. The van der Waals surface area contributed by atoms with Crippen LogP contribution in [-0.2, 0) is 24.1 Å². The molecule has 10 nitrogen and oxygen atoms in total. The largest absolute Gasteiger partial charge is 0.367 e. The molecule has 2 aromatic heterocycles. The summed E-state index contributed by atoms with van der Waals surface area (Å²) >= 11 is 0. The second kappa shape index (κ2) is 10.6. The Bertz CT molecular complexity index is 1590. The summed E-state index contributed by atoms with van der Waals surface area (Å²) in [5.74, 6) is -2.04. The summed E-state index contributed by atoms with van der Waals surface area (Å²) < 4.78 is 66.4. The second-order valence-corrected chi connectivity index (χ2v) is 13.2. The lowest BCUT2D eigenvalue weighted by atomic mass is 9.99. The molecule has 6 rings (SSSR count). The van der Waals surface area contributed by atoms with E-state index in [2.05, 4.69) is 10.6 Å². The Morgan fingerprint density at radius 1 is 1.07 bits per heavy atom. The number of fused-ring (bicyclic) bond motifs is 1. The molecule has 1 saturated carbocycles. The lowest BCUT2D eigenvalue weighted by Crippen LogP contribution is -2.31. The molecule has 41 heavy (non-hydrogen) atoms. The molecule has 1 amide bonds. The van der Waals surface area contributed by atoms with Crippen molar-refractivity contribution in [3.05, 3.63) is 35.7 Å². The average Bonchev–Trinajstić information content (AvgIpc) is 3.72. The van der Waals surface area contributed by atoms with Crippen molar-refractivity contribution in [1.82, 2.24) is 14.5 Å². The third-order valence-electron chi connectivity index (χ3n) is 7.78. The summed E-state index contributed by atoms with van der Waals surface area (Å²) in [6.07, 6.45) is 4.40. The number of sulfone groups is 1. The van der Waals surface area contributed by atoms with Gasteiger partial charge in [0.1, 0.15) is 30.0 Å². The van der Waals surface area contributed by atoms with Gasteiger partial charge in [-0.2, -0.15) is 0 Å². The van der Waals surface area contributed by atoms with E-state index in [0.717, 1.165) is 38.4 Å². The summed E-state index contributed by atoms with van der Waals surface area (Å²) in [4.78, 5) is 22.1. The topological polar surface area (TPSA) is 124 Å². The molecule has 0 spiro atoms. The van der Waals surface area contributed by atoms with Crippen LogP contribution in [0.15, 0.2) is 29.2 Å². The van der Waals surface area contributed by atoms with Gasteiger partial charge in [-0.25, -0.2) is 27.2 Å². The third-order valence-corrected chi connectivity index (χ3v) is 8.92. The van der Waals surface area contributed by atoms with Crippen LogP contribution in [0.4, 0.5) is 26.0 Å². The zero-order chi connectivity index (χ0) is 28.9. The van der Waals surface area contributed by atoms with Gasteiger partial charge in [-0.05, 0) is 63.1 Å². The number of benzene rings is 1. The zero-order valence-corrected chi connectivity index (χ0v) is 23.8. The number of ether oxygens (including phenoxy) is 2. The molecule has 2 saturated heterocycles. The number of halogens is 2. The molecule has 1 aromatic carbocycles. The standard InChI is InChI=1S/C28H33F2N5O5S/c1-16-31-25-20(14-23(34-27(36)17-6-7-17)33-26(25)35(16)24-5-3-4-12-39-24)32-19-9-8-18(13-22(19)41(2,37)38)21-10-11-28(29,30)15-40-21/h8-9,13-14,17,21,24H,3-7,10-12,15H2,1-2H3,(H2,32,33,34,36)/t21-,24?/m0/s1. The SMILES string of the molecule is Cc1nc2c(Nc3ccc([C@@H]4CCC(F)(F)CO4)cc3S(C)(=O)=O)cc(NC(=O)C3CC3)nc2n1C1CCCCO1. The summed E-state index contributed by atoms with van der Waals surface area (Å²) in [6, 6.07) is 6.40. The Labute approximate surface area is 236 Å². The highest BCUT2D eigenvalue weighted by Gasteiger charge is 2.37. The lowest BCUT2D eigenvalue weighted by Gasteiger charge is -2.29. The van der Waals surface area contributed by atoms with E-state index < -0.39 is 28.5 Å². The number of imidazole rings is 1. The number of aryl methyl sites for hydroxylation is 1. The van der Waals surface area contributed by atoms with E-state index in [0.29, 0.717) is 40.7 Å². The molecule has 3 aromatic rings. The molecule has 2 atom stereocenters. The van der Waals surface area contributed by atoms with Crippen molar-refractivity contribution >= 4 is 44.1 Å². The van der Waals surface area contributed by atoms with E-state index in [4.69, 9.17) is 19.4 Å². The van der Waals surface area contributed by atoms with Gasteiger partial charge >= 0.3 is 0 Å². The zero-order valence-electron chi connectivity index (χ0n) is 23.0. The minimum absolute atomic E-state index is 0.00349. The number of nitrogens with one attached hydrogen (secondary N) is 2. The van der Waals surface area contributed by atoms with E-state index in [1.165, 1.54) is 6.07 Å². The Morgan fingerprint density at radius 2 is 1.88 bits per heavy atom. The number of carbonyl (C=O) groups is 1. The first-order valence-corrected chi connectivity index (χ1v) is 15.8. The normalized spacial score (nSPS) is 22.9. The number of carbonyl (C=O) groups excluding carboxylic acids is 1. The second-order valence-electron chi connectivity index (χ2n) is 11.2. The minimum Gasteiger partial charge on any atom is -0.367 e. The van der Waals surface area contributed by atoms with Crippen molar-refractivity contribution in [2.24, 2.45) is 5.92 Å². The van der Waals surface area contributed by atoms with Crippen LogP contribution < -0.4 is 10.6 Å². The maximum atomic E-state index is 13.6. The van der Waals surface area contributed by atoms with Gasteiger partial charge in [0.05, 0.1) is 22.4 Å². The molecular weight excluding hydrogens is 556 g/mol. The smallest absolute Gasteiger partial charge is 0.271 e. The van der Waals surface area contributed by atoms with Gasteiger partial charge < -0.3 is 20.1 Å². The molecule has 1 unspecified atom stereocenters. The number of pyridine rings is 1. The van der Waals surface area contributed by atoms with E-state index >= 15 is 0 Å². The van der Waals surface area contributed by atoms with Crippen LogP contribution in [0.1, 0.15) is 68.7 Å². The lowest BCUT2D eigenvalue weighted by molar-refractivity contribution is -0.145. The number of hydrogen-bond donors (Lipinski definition) is 2.